The number of aliphatic hydroxyl groups is 20. The SMILES string of the molecule is COC(=O)c1ccc(C(=O)NC[C@H]2O[C@@H]3O[C@H]4[C@H](O)[C@@H](O)[C@@H](O[C@H]5[C@H](O)[C@@H](O)[C@@H](O[C@H]6[C@H](O)[C@@H](O)[C@@H](O[C@H]7[C@H](O)[C@@H](O)[C@@H](O[C@H]8[C@H](O)[C@@H](O)[C@@H](O[C@H]9[C@H](O)[C@@H](O)[C@@H](O[C@H]2[C@H](O)[C@H]3O)O[C@@H]9CO)O[C@@H]8CO)O[C@@H]7CO)O[C@@H]6CO)O[C@@H]5CO)O[C@@H]4CO)cc1. The zero-order valence-electron chi connectivity index (χ0n) is 46.9. The lowest BCUT2D eigenvalue weighted by Gasteiger charge is -2.50. The molecule has 14 bridgehead atoms. The molecule has 21 aliphatic rings. The van der Waals surface area contributed by atoms with Crippen molar-refractivity contribution < 1.29 is 183 Å². The summed E-state index contributed by atoms with van der Waals surface area (Å²) in [5, 5.41) is 226. The third-order valence-electron chi connectivity index (χ3n) is 16.6. The molecule has 1 amide bonds. The van der Waals surface area contributed by atoms with Gasteiger partial charge >= 0.3 is 5.97 Å². The van der Waals surface area contributed by atoms with Crippen LogP contribution in [0.2, 0.25) is 0 Å². The highest BCUT2D eigenvalue weighted by Gasteiger charge is 2.59. The highest BCUT2D eigenvalue weighted by Crippen LogP contribution is 2.39. The van der Waals surface area contributed by atoms with E-state index in [-0.39, 0.29) is 11.1 Å². The number of carbonyl (C=O) groups excluding carboxylic acids is 2. The lowest BCUT2D eigenvalue weighted by atomic mass is 9.95. The van der Waals surface area contributed by atoms with Gasteiger partial charge in [0.25, 0.3) is 5.91 Å². The van der Waals surface area contributed by atoms with Crippen molar-refractivity contribution in [3.05, 3.63) is 35.4 Å². The van der Waals surface area contributed by atoms with Crippen LogP contribution in [0.15, 0.2) is 24.3 Å². The third kappa shape index (κ3) is 14.3. The average Bonchev–Trinajstić information content (AvgIpc) is 0.995. The molecule has 0 aromatic heterocycles. The molecule has 0 saturated carbocycles. The number of hydrogen-bond acceptors (Lipinski definition) is 37. The number of nitrogens with one attached hydrogen (secondary N) is 1. The number of aliphatic hydroxyl groups excluding tert-OH is 20. The van der Waals surface area contributed by atoms with Gasteiger partial charge < -0.3 is 179 Å². The van der Waals surface area contributed by atoms with Crippen LogP contribution in [0.5, 0.6) is 0 Å². The Morgan fingerprint density at radius 3 is 0.708 bits per heavy atom. The maximum atomic E-state index is 13.5. The van der Waals surface area contributed by atoms with Crippen LogP contribution in [0, 0.1) is 0 Å². The molecule has 508 valence electrons. The first-order valence-electron chi connectivity index (χ1n) is 28.2. The maximum Gasteiger partial charge on any atom is 0.337 e. The summed E-state index contributed by atoms with van der Waals surface area (Å²) in [6, 6.07) is 5.02. The smallest absolute Gasteiger partial charge is 0.337 e. The summed E-state index contributed by atoms with van der Waals surface area (Å²) < 4.78 is 85.6. The van der Waals surface area contributed by atoms with Crippen LogP contribution in [0.4, 0.5) is 0 Å². The number of ether oxygens (including phenoxy) is 15. The molecule has 22 rings (SSSR count). The number of hydrogen-bond donors (Lipinski definition) is 21. The Morgan fingerprint density at radius 1 is 0.315 bits per heavy atom. The molecule has 89 heavy (non-hydrogen) atoms. The van der Waals surface area contributed by atoms with E-state index in [1.807, 2.05) is 0 Å². The highest BCUT2D eigenvalue weighted by molar-refractivity contribution is 5.96. The first-order chi connectivity index (χ1) is 42.4. The fraction of sp³-hybridized carbons (Fsp3) is 0.843. The quantitative estimate of drug-likeness (QED) is 0.0967. The predicted molar refractivity (Wildman–Crippen MR) is 271 cm³/mol. The molecular weight excluding hydrogens is 1220 g/mol. The Labute approximate surface area is 502 Å². The van der Waals surface area contributed by atoms with Crippen molar-refractivity contribution in [3.63, 3.8) is 0 Å². The summed E-state index contributed by atoms with van der Waals surface area (Å²) >= 11 is 0. The largest absolute Gasteiger partial charge is 0.465 e. The molecule has 0 spiro atoms. The molecule has 35 atom stereocenters. The van der Waals surface area contributed by atoms with Crippen molar-refractivity contribution in [2.45, 2.75) is 215 Å². The molecule has 21 fully saturated rings. The molecule has 21 aliphatic heterocycles. The van der Waals surface area contributed by atoms with Crippen LogP contribution in [-0.2, 0) is 71.1 Å². The van der Waals surface area contributed by atoms with E-state index in [2.05, 4.69) is 5.32 Å². The van der Waals surface area contributed by atoms with Crippen molar-refractivity contribution in [2.24, 2.45) is 0 Å². The van der Waals surface area contributed by atoms with Gasteiger partial charge in [-0.1, -0.05) is 0 Å². The minimum absolute atomic E-state index is 0.0522. The van der Waals surface area contributed by atoms with Gasteiger partial charge in [0, 0.05) is 12.1 Å². The summed E-state index contributed by atoms with van der Waals surface area (Å²) in [5.74, 6) is -1.58. The minimum Gasteiger partial charge on any atom is -0.465 e. The van der Waals surface area contributed by atoms with E-state index in [1.54, 1.807) is 0 Å². The van der Waals surface area contributed by atoms with E-state index in [0.717, 1.165) is 7.11 Å². The van der Waals surface area contributed by atoms with E-state index in [4.69, 9.17) is 71.1 Å². The molecule has 0 aliphatic carbocycles. The van der Waals surface area contributed by atoms with Crippen LogP contribution >= 0.6 is 0 Å². The van der Waals surface area contributed by atoms with Gasteiger partial charge in [-0.2, -0.15) is 0 Å². The van der Waals surface area contributed by atoms with Gasteiger partial charge in [-0.05, 0) is 24.3 Å². The van der Waals surface area contributed by atoms with E-state index < -0.39 is 273 Å². The Balaban J connectivity index is 1.02. The third-order valence-corrected chi connectivity index (χ3v) is 16.6. The Morgan fingerprint density at radius 2 is 0.506 bits per heavy atom. The fourth-order valence-electron chi connectivity index (χ4n) is 11.6. The van der Waals surface area contributed by atoms with Gasteiger partial charge in [0.05, 0.1) is 52.3 Å². The lowest BCUT2D eigenvalue weighted by Crippen LogP contribution is -2.68. The van der Waals surface area contributed by atoms with Gasteiger partial charge in [-0.3, -0.25) is 4.79 Å². The molecular formula is C51H77NO37. The Hall–Kier alpha value is -3.20. The number of amides is 1. The second-order valence-electron chi connectivity index (χ2n) is 22.2. The summed E-state index contributed by atoms with van der Waals surface area (Å²) in [7, 11) is 1.13. The van der Waals surface area contributed by atoms with Crippen molar-refractivity contribution in [2.75, 3.05) is 53.3 Å². The summed E-state index contributed by atoms with van der Waals surface area (Å²) in [6.07, 6.45) is -72.0. The second-order valence-corrected chi connectivity index (χ2v) is 22.2. The first kappa shape index (κ1) is 70.1. The average molecular weight is 1300 g/mol. The zero-order valence-corrected chi connectivity index (χ0v) is 46.9. The Bertz CT molecular complexity index is 2410. The topological polar surface area (TPSA) is 589 Å². The normalized spacial score (nSPS) is 49.3. The minimum atomic E-state index is -2.30. The summed E-state index contributed by atoms with van der Waals surface area (Å²) in [4.78, 5) is 25.6. The second kappa shape index (κ2) is 30.0. The molecule has 21 heterocycles. The Kier molecular flexibility index (Phi) is 23.7. The monoisotopic (exact) mass is 1300 g/mol. The van der Waals surface area contributed by atoms with E-state index in [9.17, 15) is 112 Å². The lowest BCUT2D eigenvalue weighted by molar-refractivity contribution is -0.396. The van der Waals surface area contributed by atoms with E-state index >= 15 is 0 Å². The molecule has 21 N–H and O–H groups in total. The van der Waals surface area contributed by atoms with Crippen molar-refractivity contribution in [1.29, 1.82) is 0 Å². The molecule has 21 saturated heterocycles. The van der Waals surface area contributed by atoms with Gasteiger partial charge in [-0.25, -0.2) is 4.79 Å². The maximum absolute atomic E-state index is 13.5. The summed E-state index contributed by atoms with van der Waals surface area (Å²) in [6.45, 7) is -7.20. The fourth-order valence-corrected chi connectivity index (χ4v) is 11.6. The molecule has 0 unspecified atom stereocenters. The predicted octanol–water partition coefficient (Wildman–Crippen LogP) is -14.0. The van der Waals surface area contributed by atoms with Crippen LogP contribution in [0.3, 0.4) is 0 Å². The molecule has 38 nitrogen and oxygen atoms in total. The number of esters is 1. The van der Waals surface area contributed by atoms with Gasteiger partial charge in [-0.15, -0.1) is 0 Å². The molecule has 1 aromatic rings. The van der Waals surface area contributed by atoms with Crippen molar-refractivity contribution in [3.8, 4) is 0 Å². The van der Waals surface area contributed by atoms with E-state index in [0.29, 0.717) is 0 Å². The first-order valence-corrected chi connectivity index (χ1v) is 28.2. The number of rotatable bonds is 10. The summed E-state index contributed by atoms with van der Waals surface area (Å²) in [5.41, 5.74) is 0.0165. The van der Waals surface area contributed by atoms with Crippen molar-refractivity contribution in [1.82, 2.24) is 5.32 Å². The van der Waals surface area contributed by atoms with Gasteiger partial charge in [0.2, 0.25) is 0 Å². The molecule has 0 radical (unpaired) electrons. The number of benzene rings is 1. The van der Waals surface area contributed by atoms with Crippen LogP contribution < -0.4 is 5.32 Å². The molecule has 38 heteroatoms. The van der Waals surface area contributed by atoms with Crippen LogP contribution in [0.25, 0.3) is 0 Å². The van der Waals surface area contributed by atoms with Crippen LogP contribution in [-0.4, -0.2) is 382 Å². The van der Waals surface area contributed by atoms with Gasteiger partial charge in [0.1, 0.15) is 171 Å². The number of carbonyl (C=O) groups is 2. The standard InChI is InChI=1S/C51H77NO37/c1-75-44(74)14-4-2-13(3-5-14)43(73)52-6-15-36-22(59)29(66)45(76-15)84-37-16(7-53)78-47(31(68)24(37)61)86-39-18(9-55)80-49(33(70)26(39)63)88-41-20(11-57)82-51(35(72)28(41)65)89-42-21(12-58)81-50(34(71)27(42)64)87-40-19(10-56)79-48(32(69)25(40)62)85-38-17(8-54)77-46(83-36)30(67)23(38)60/h2-5,15-42,45-51,53-72H,6-12H2,1H3,(H,52,73)/t15-,16-,17-,18-,19-,20-,21-,22-,23-,24-,25-,26-,27-,28-,29-,30-,31-,32-,33-,34-,35-,36-,37-,38-,39-,40-,41-,42-,45-,46-,47-,48-,49-,50-,51-/m1/s1. The van der Waals surface area contributed by atoms with E-state index in [1.165, 1.54) is 24.3 Å². The highest BCUT2D eigenvalue weighted by atomic mass is 16.8. The van der Waals surface area contributed by atoms with Gasteiger partial charge in [0.15, 0.2) is 44.0 Å². The zero-order chi connectivity index (χ0) is 64.6. The van der Waals surface area contributed by atoms with Crippen LogP contribution in [0.1, 0.15) is 20.7 Å². The van der Waals surface area contributed by atoms with Crippen molar-refractivity contribution >= 4 is 11.9 Å². The molecule has 1 aromatic carbocycles. The number of methoxy groups -OCH3 is 1.